The van der Waals surface area contributed by atoms with Crippen LogP contribution < -0.4 is 0 Å². The van der Waals surface area contributed by atoms with Crippen molar-refractivity contribution in [2.24, 2.45) is 11.8 Å². The predicted octanol–water partition coefficient (Wildman–Crippen LogP) is 3.14. The van der Waals surface area contributed by atoms with E-state index in [0.29, 0.717) is 12.0 Å². The van der Waals surface area contributed by atoms with Crippen molar-refractivity contribution in [3.8, 4) is 0 Å². The van der Waals surface area contributed by atoms with Crippen molar-refractivity contribution in [2.45, 2.75) is 70.4 Å². The highest BCUT2D eigenvalue weighted by atomic mass is 16.4. The highest BCUT2D eigenvalue weighted by Crippen LogP contribution is 2.35. The zero-order chi connectivity index (χ0) is 13.1. The second kappa shape index (κ2) is 6.05. The van der Waals surface area contributed by atoms with Crippen LogP contribution >= 0.6 is 0 Å². The Morgan fingerprint density at radius 1 is 1.11 bits per heavy atom. The summed E-state index contributed by atoms with van der Waals surface area (Å²) in [4.78, 5) is 13.8. The van der Waals surface area contributed by atoms with Gasteiger partial charge in [-0.25, -0.2) is 0 Å². The maximum absolute atomic E-state index is 11.4. The molecule has 0 bridgehead atoms. The van der Waals surface area contributed by atoms with Crippen LogP contribution in [0.5, 0.6) is 0 Å². The van der Waals surface area contributed by atoms with Crippen molar-refractivity contribution in [1.29, 1.82) is 0 Å². The highest BCUT2D eigenvalue weighted by molar-refractivity contribution is 5.71. The van der Waals surface area contributed by atoms with E-state index in [1.807, 2.05) is 0 Å². The summed E-state index contributed by atoms with van der Waals surface area (Å²) in [5, 5.41) is 9.42. The maximum Gasteiger partial charge on any atom is 0.308 e. The third-order valence-corrected chi connectivity index (χ3v) is 5.07. The fourth-order valence-electron chi connectivity index (χ4n) is 3.85. The minimum Gasteiger partial charge on any atom is -0.481 e. The first-order chi connectivity index (χ1) is 8.59. The highest BCUT2D eigenvalue weighted by Gasteiger charge is 2.38. The van der Waals surface area contributed by atoms with Crippen molar-refractivity contribution in [3.63, 3.8) is 0 Å². The lowest BCUT2D eigenvalue weighted by atomic mass is 9.77. The van der Waals surface area contributed by atoms with Crippen LogP contribution in [-0.2, 0) is 4.79 Å². The molecule has 2 rings (SSSR count). The number of carbonyl (C=O) groups is 1. The number of rotatable bonds is 3. The molecule has 0 aliphatic heterocycles. The smallest absolute Gasteiger partial charge is 0.308 e. The molecule has 18 heavy (non-hydrogen) atoms. The molecule has 104 valence electrons. The van der Waals surface area contributed by atoms with Gasteiger partial charge < -0.3 is 5.11 Å². The van der Waals surface area contributed by atoms with E-state index in [-0.39, 0.29) is 12.0 Å². The minimum absolute atomic E-state index is 0.145. The van der Waals surface area contributed by atoms with E-state index in [4.69, 9.17) is 0 Å². The Balaban J connectivity index is 2.03. The standard InChI is InChI=1S/C15H27NO2/c1-11-8-9-13(15(17)18)14(10-11)16(2)12-6-4-3-5-7-12/h11-14H,3-10H2,1-2H3,(H,17,18). The molecular formula is C15H27NO2. The molecule has 0 aromatic carbocycles. The minimum atomic E-state index is -0.588. The van der Waals surface area contributed by atoms with E-state index in [2.05, 4.69) is 18.9 Å². The molecule has 0 saturated heterocycles. The van der Waals surface area contributed by atoms with Crippen LogP contribution in [0.4, 0.5) is 0 Å². The van der Waals surface area contributed by atoms with Crippen LogP contribution in [0.3, 0.4) is 0 Å². The van der Waals surface area contributed by atoms with Crippen molar-refractivity contribution in [2.75, 3.05) is 7.05 Å². The summed E-state index contributed by atoms with van der Waals surface area (Å²) >= 11 is 0. The molecule has 3 nitrogen and oxygen atoms in total. The monoisotopic (exact) mass is 253 g/mol. The number of aliphatic carboxylic acids is 1. The number of hydrogen-bond donors (Lipinski definition) is 1. The topological polar surface area (TPSA) is 40.5 Å². The summed E-state index contributed by atoms with van der Waals surface area (Å²) in [6.07, 6.45) is 9.49. The molecule has 0 aromatic heterocycles. The van der Waals surface area contributed by atoms with Gasteiger partial charge >= 0.3 is 5.97 Å². The molecule has 3 unspecified atom stereocenters. The molecule has 2 saturated carbocycles. The van der Waals surface area contributed by atoms with Crippen LogP contribution in [0.2, 0.25) is 0 Å². The van der Waals surface area contributed by atoms with E-state index in [1.165, 1.54) is 32.1 Å². The lowest BCUT2D eigenvalue weighted by molar-refractivity contribution is -0.146. The zero-order valence-corrected chi connectivity index (χ0v) is 11.8. The lowest BCUT2D eigenvalue weighted by Gasteiger charge is -2.43. The third kappa shape index (κ3) is 3.05. The van der Waals surface area contributed by atoms with E-state index < -0.39 is 5.97 Å². The van der Waals surface area contributed by atoms with Crippen LogP contribution in [0, 0.1) is 11.8 Å². The average Bonchev–Trinajstić information content (AvgIpc) is 2.38. The summed E-state index contributed by atoms with van der Waals surface area (Å²) in [5.74, 6) is -0.0562. The molecule has 0 radical (unpaired) electrons. The van der Waals surface area contributed by atoms with Gasteiger partial charge in [0.05, 0.1) is 5.92 Å². The third-order valence-electron chi connectivity index (χ3n) is 5.07. The molecule has 2 aliphatic carbocycles. The Morgan fingerprint density at radius 3 is 2.39 bits per heavy atom. The van der Waals surface area contributed by atoms with Gasteiger partial charge in [0.2, 0.25) is 0 Å². The summed E-state index contributed by atoms with van der Waals surface area (Å²) in [7, 11) is 2.16. The molecule has 0 amide bonds. The fraction of sp³-hybridized carbons (Fsp3) is 0.933. The number of carboxylic acid groups (broad SMARTS) is 1. The van der Waals surface area contributed by atoms with Gasteiger partial charge in [-0.1, -0.05) is 26.2 Å². The molecular weight excluding hydrogens is 226 g/mol. The molecule has 1 N–H and O–H groups in total. The van der Waals surface area contributed by atoms with E-state index >= 15 is 0 Å². The number of carboxylic acids is 1. The van der Waals surface area contributed by atoms with Crippen LogP contribution in [0.15, 0.2) is 0 Å². The Labute approximate surface area is 111 Å². The molecule has 3 heteroatoms. The van der Waals surface area contributed by atoms with Crippen LogP contribution in [0.1, 0.15) is 58.3 Å². The summed E-state index contributed by atoms with van der Waals surface area (Å²) in [5.41, 5.74) is 0. The van der Waals surface area contributed by atoms with Crippen molar-refractivity contribution in [3.05, 3.63) is 0 Å². The van der Waals surface area contributed by atoms with E-state index in [9.17, 15) is 9.90 Å². The quantitative estimate of drug-likeness (QED) is 0.840. The average molecular weight is 253 g/mol. The number of nitrogens with zero attached hydrogens (tertiary/aromatic N) is 1. The first-order valence-electron chi connectivity index (χ1n) is 7.54. The second-order valence-corrected chi connectivity index (χ2v) is 6.39. The Hall–Kier alpha value is -0.570. The summed E-state index contributed by atoms with van der Waals surface area (Å²) < 4.78 is 0. The largest absolute Gasteiger partial charge is 0.481 e. The van der Waals surface area contributed by atoms with Crippen molar-refractivity contribution in [1.82, 2.24) is 4.90 Å². The van der Waals surface area contributed by atoms with E-state index in [0.717, 1.165) is 19.3 Å². The van der Waals surface area contributed by atoms with Gasteiger partial charge in [-0.05, 0) is 45.1 Å². The normalized spacial score (nSPS) is 34.7. The van der Waals surface area contributed by atoms with Gasteiger partial charge in [-0.15, -0.1) is 0 Å². The van der Waals surface area contributed by atoms with E-state index in [1.54, 1.807) is 0 Å². The lowest BCUT2D eigenvalue weighted by Crippen LogP contribution is -2.49. The molecule has 0 aromatic rings. The molecule has 0 heterocycles. The van der Waals surface area contributed by atoms with Crippen molar-refractivity contribution < 1.29 is 9.90 Å². The molecule has 2 aliphatic rings. The predicted molar refractivity (Wildman–Crippen MR) is 72.6 cm³/mol. The van der Waals surface area contributed by atoms with Gasteiger partial charge in [0, 0.05) is 12.1 Å². The summed E-state index contributed by atoms with van der Waals surface area (Å²) in [6, 6.07) is 0.880. The van der Waals surface area contributed by atoms with Gasteiger partial charge in [0.15, 0.2) is 0 Å². The zero-order valence-electron chi connectivity index (χ0n) is 11.8. The maximum atomic E-state index is 11.4. The molecule has 3 atom stereocenters. The van der Waals surface area contributed by atoms with Gasteiger partial charge in [-0.2, -0.15) is 0 Å². The first kappa shape index (κ1) is 13.9. The van der Waals surface area contributed by atoms with Gasteiger partial charge in [0.25, 0.3) is 0 Å². The van der Waals surface area contributed by atoms with Crippen LogP contribution in [-0.4, -0.2) is 35.1 Å². The second-order valence-electron chi connectivity index (χ2n) is 6.39. The molecule has 0 spiro atoms. The van der Waals surface area contributed by atoms with Crippen molar-refractivity contribution >= 4 is 5.97 Å². The van der Waals surface area contributed by atoms with Gasteiger partial charge in [-0.3, -0.25) is 9.69 Å². The Kier molecular flexibility index (Phi) is 4.66. The van der Waals surface area contributed by atoms with Crippen LogP contribution in [0.25, 0.3) is 0 Å². The van der Waals surface area contributed by atoms with Gasteiger partial charge in [0.1, 0.15) is 0 Å². The molecule has 2 fully saturated rings. The Morgan fingerprint density at radius 2 is 1.78 bits per heavy atom. The fourth-order valence-corrected chi connectivity index (χ4v) is 3.85. The SMILES string of the molecule is CC1CCC(C(=O)O)C(N(C)C2CCCCC2)C1. The number of hydrogen-bond acceptors (Lipinski definition) is 2. The first-order valence-corrected chi connectivity index (χ1v) is 7.54. The Bertz CT molecular complexity index is 286. The summed E-state index contributed by atoms with van der Waals surface area (Å²) in [6.45, 7) is 2.26.